The van der Waals surface area contributed by atoms with Crippen molar-refractivity contribution in [1.29, 1.82) is 0 Å². The number of ether oxygens (including phenoxy) is 4. The van der Waals surface area contributed by atoms with Gasteiger partial charge in [0, 0.05) is 23.7 Å². The summed E-state index contributed by atoms with van der Waals surface area (Å²) in [6, 6.07) is 9.75. The number of ketones is 1. The maximum Gasteiger partial charge on any atom is 0.330 e. The Balaban J connectivity index is 2.16. The predicted octanol–water partition coefficient (Wildman–Crippen LogP) is 3.89. The molecule has 1 amide bonds. The van der Waals surface area contributed by atoms with Gasteiger partial charge in [0.15, 0.2) is 17.3 Å². The largest absolute Gasteiger partial charge is 0.493 e. The molecule has 0 saturated carbocycles. The fraction of sp³-hybridized carbons (Fsp3) is 0.414. The summed E-state index contributed by atoms with van der Waals surface area (Å²) >= 11 is 0. The van der Waals surface area contributed by atoms with Crippen LogP contribution in [-0.2, 0) is 14.3 Å². The summed E-state index contributed by atoms with van der Waals surface area (Å²) in [6.07, 6.45) is 2.29. The summed E-state index contributed by atoms with van der Waals surface area (Å²) in [5, 5.41) is 3.00. The number of benzene rings is 2. The summed E-state index contributed by atoms with van der Waals surface area (Å²) < 4.78 is 21.6. The molecule has 9 heteroatoms. The number of carbonyl (C=O) groups is 3. The maximum absolute atomic E-state index is 13.4. The first kappa shape index (κ1) is 30.4. The predicted molar refractivity (Wildman–Crippen MR) is 145 cm³/mol. The lowest BCUT2D eigenvalue weighted by Crippen LogP contribution is -2.47. The molecule has 2 rings (SSSR count). The Morgan fingerprint density at radius 2 is 1.53 bits per heavy atom. The number of hydrogen-bond donors (Lipinski definition) is 1. The standard InChI is InChI=1S/C29H38N2O7/c1-19-9-11-20(12-10-19)22(32)13-14-25(33)38-16-15-31(5)26(28(34)30-29(2,3)4)21-17-23(35-6)27(37-8)24(18-21)36-7/h9-14,17-18,26H,15-16H2,1-8H3,(H,30,34)/b14-13+. The monoisotopic (exact) mass is 526 g/mol. The molecule has 0 fully saturated rings. The average Bonchev–Trinajstić information content (AvgIpc) is 2.86. The summed E-state index contributed by atoms with van der Waals surface area (Å²) in [5.41, 5.74) is 1.66. The molecule has 0 saturated heterocycles. The van der Waals surface area contributed by atoms with E-state index < -0.39 is 17.6 Å². The summed E-state index contributed by atoms with van der Waals surface area (Å²) in [7, 11) is 6.27. The molecular weight excluding hydrogens is 488 g/mol. The van der Waals surface area contributed by atoms with Gasteiger partial charge in [0.25, 0.3) is 0 Å². The molecule has 2 aromatic rings. The van der Waals surface area contributed by atoms with Gasteiger partial charge in [-0.3, -0.25) is 14.5 Å². The maximum atomic E-state index is 13.4. The van der Waals surface area contributed by atoms with Gasteiger partial charge in [-0.05, 0) is 58.5 Å². The zero-order valence-corrected chi connectivity index (χ0v) is 23.4. The normalized spacial score (nSPS) is 12.2. The minimum Gasteiger partial charge on any atom is -0.493 e. The number of rotatable bonds is 12. The molecule has 0 aromatic heterocycles. The highest BCUT2D eigenvalue weighted by atomic mass is 16.5. The van der Waals surface area contributed by atoms with Gasteiger partial charge in [-0.15, -0.1) is 0 Å². The minimum atomic E-state index is -0.750. The number of amides is 1. The SMILES string of the molecule is COc1cc(C(C(=O)NC(C)(C)C)N(C)CCOC(=O)/C=C/C(=O)c2ccc(C)cc2)cc(OC)c1OC. The van der Waals surface area contributed by atoms with Crippen LogP contribution >= 0.6 is 0 Å². The number of methoxy groups -OCH3 is 3. The Hall–Kier alpha value is -3.85. The fourth-order valence-corrected chi connectivity index (χ4v) is 3.73. The van der Waals surface area contributed by atoms with Crippen LogP contribution in [0.2, 0.25) is 0 Å². The lowest BCUT2D eigenvalue weighted by Gasteiger charge is -2.31. The first-order valence-electron chi connectivity index (χ1n) is 12.2. The van der Waals surface area contributed by atoms with Gasteiger partial charge in [-0.25, -0.2) is 4.79 Å². The van der Waals surface area contributed by atoms with Crippen LogP contribution in [0.5, 0.6) is 17.2 Å². The van der Waals surface area contributed by atoms with E-state index in [-0.39, 0.29) is 24.8 Å². The molecule has 0 spiro atoms. The number of aryl methyl sites for hydroxylation is 1. The van der Waals surface area contributed by atoms with E-state index in [9.17, 15) is 14.4 Å². The molecule has 38 heavy (non-hydrogen) atoms. The lowest BCUT2D eigenvalue weighted by molar-refractivity contribution is -0.138. The Morgan fingerprint density at radius 3 is 2.03 bits per heavy atom. The highest BCUT2D eigenvalue weighted by molar-refractivity contribution is 6.07. The number of esters is 1. The van der Waals surface area contributed by atoms with Crippen molar-refractivity contribution in [2.24, 2.45) is 0 Å². The number of allylic oxidation sites excluding steroid dienone is 1. The van der Waals surface area contributed by atoms with Gasteiger partial charge in [-0.2, -0.15) is 0 Å². The lowest BCUT2D eigenvalue weighted by atomic mass is 10.0. The summed E-state index contributed by atoms with van der Waals surface area (Å²) in [5.74, 6) is 0.0569. The van der Waals surface area contributed by atoms with Gasteiger partial charge >= 0.3 is 5.97 Å². The second-order valence-electron chi connectivity index (χ2n) is 9.81. The van der Waals surface area contributed by atoms with E-state index in [1.54, 1.807) is 36.2 Å². The van der Waals surface area contributed by atoms with Gasteiger partial charge < -0.3 is 24.3 Å². The highest BCUT2D eigenvalue weighted by Crippen LogP contribution is 2.40. The molecule has 0 aliphatic heterocycles. The molecule has 1 N–H and O–H groups in total. The quantitative estimate of drug-likeness (QED) is 0.252. The zero-order valence-electron chi connectivity index (χ0n) is 23.4. The van der Waals surface area contributed by atoms with Crippen LogP contribution < -0.4 is 19.5 Å². The molecule has 0 aliphatic rings. The van der Waals surface area contributed by atoms with Crippen molar-refractivity contribution in [3.63, 3.8) is 0 Å². The van der Waals surface area contributed by atoms with E-state index in [1.807, 2.05) is 39.8 Å². The molecule has 0 heterocycles. The van der Waals surface area contributed by atoms with E-state index in [0.29, 0.717) is 28.4 Å². The molecule has 206 valence electrons. The van der Waals surface area contributed by atoms with E-state index in [4.69, 9.17) is 18.9 Å². The zero-order chi connectivity index (χ0) is 28.5. The third kappa shape index (κ3) is 8.62. The van der Waals surface area contributed by atoms with Crippen LogP contribution in [0.3, 0.4) is 0 Å². The molecule has 2 aromatic carbocycles. The van der Waals surface area contributed by atoms with Crippen LogP contribution in [0.4, 0.5) is 0 Å². The second-order valence-corrected chi connectivity index (χ2v) is 9.81. The van der Waals surface area contributed by atoms with Crippen LogP contribution in [0.1, 0.15) is 48.3 Å². The third-order valence-corrected chi connectivity index (χ3v) is 5.59. The van der Waals surface area contributed by atoms with Crippen molar-refractivity contribution >= 4 is 17.7 Å². The molecule has 1 atom stereocenters. The topological polar surface area (TPSA) is 103 Å². The first-order chi connectivity index (χ1) is 17.9. The number of likely N-dealkylation sites (N-methyl/N-ethyl adjacent to an activating group) is 1. The van der Waals surface area contributed by atoms with Crippen molar-refractivity contribution in [3.8, 4) is 17.2 Å². The van der Waals surface area contributed by atoms with Crippen molar-refractivity contribution in [2.75, 3.05) is 41.5 Å². The number of nitrogens with one attached hydrogen (secondary N) is 1. The van der Waals surface area contributed by atoms with Gasteiger partial charge in [0.2, 0.25) is 11.7 Å². The Labute approximate surface area is 224 Å². The number of hydrogen-bond acceptors (Lipinski definition) is 8. The molecule has 0 aliphatic carbocycles. The van der Waals surface area contributed by atoms with Crippen molar-refractivity contribution in [2.45, 2.75) is 39.3 Å². The summed E-state index contributed by atoms with van der Waals surface area (Å²) in [6.45, 7) is 7.85. The first-order valence-corrected chi connectivity index (χ1v) is 12.2. The van der Waals surface area contributed by atoms with Crippen molar-refractivity contribution < 1.29 is 33.3 Å². The van der Waals surface area contributed by atoms with E-state index in [1.165, 1.54) is 27.4 Å². The van der Waals surface area contributed by atoms with Crippen LogP contribution in [0.25, 0.3) is 0 Å². The Kier molecular flexibility index (Phi) is 10.9. The molecule has 0 radical (unpaired) electrons. The molecular formula is C29H38N2O7. The Bertz CT molecular complexity index is 1130. The summed E-state index contributed by atoms with van der Waals surface area (Å²) in [4.78, 5) is 39.6. The molecule has 1 unspecified atom stereocenters. The van der Waals surface area contributed by atoms with Crippen LogP contribution in [0, 0.1) is 6.92 Å². The second kappa shape index (κ2) is 13.6. The number of nitrogens with zero attached hydrogens (tertiary/aromatic N) is 1. The average molecular weight is 527 g/mol. The van der Waals surface area contributed by atoms with E-state index in [0.717, 1.165) is 11.6 Å². The van der Waals surface area contributed by atoms with Crippen molar-refractivity contribution in [3.05, 3.63) is 65.2 Å². The fourth-order valence-electron chi connectivity index (χ4n) is 3.73. The highest BCUT2D eigenvalue weighted by Gasteiger charge is 2.30. The van der Waals surface area contributed by atoms with Gasteiger partial charge in [-0.1, -0.05) is 29.8 Å². The van der Waals surface area contributed by atoms with Crippen LogP contribution in [0.15, 0.2) is 48.6 Å². The number of carbonyl (C=O) groups excluding carboxylic acids is 3. The smallest absolute Gasteiger partial charge is 0.330 e. The van der Waals surface area contributed by atoms with Gasteiger partial charge in [0.1, 0.15) is 12.6 Å². The van der Waals surface area contributed by atoms with Gasteiger partial charge in [0.05, 0.1) is 21.3 Å². The molecule has 0 bridgehead atoms. The van der Waals surface area contributed by atoms with Crippen molar-refractivity contribution in [1.82, 2.24) is 10.2 Å². The van der Waals surface area contributed by atoms with E-state index >= 15 is 0 Å². The Morgan fingerprint density at radius 1 is 0.947 bits per heavy atom. The molecule has 9 nitrogen and oxygen atoms in total. The van der Waals surface area contributed by atoms with E-state index in [2.05, 4.69) is 5.32 Å². The van der Waals surface area contributed by atoms with Crippen LogP contribution in [-0.4, -0.2) is 69.6 Å². The third-order valence-electron chi connectivity index (χ3n) is 5.59. The minimum absolute atomic E-state index is 0.00210.